The van der Waals surface area contributed by atoms with Gasteiger partial charge in [-0.05, 0) is 38.3 Å². The van der Waals surface area contributed by atoms with Crippen LogP contribution in [0.5, 0.6) is 0 Å². The van der Waals surface area contributed by atoms with E-state index in [1.807, 2.05) is 6.92 Å². The fourth-order valence-corrected chi connectivity index (χ4v) is 2.29. The third kappa shape index (κ3) is 2.78. The Hall–Kier alpha value is -0.890. The summed E-state index contributed by atoms with van der Waals surface area (Å²) >= 11 is 0. The highest BCUT2D eigenvalue weighted by atomic mass is 14.9. The molecule has 1 aromatic heterocycles. The second-order valence-electron chi connectivity index (χ2n) is 4.56. The molecule has 0 bridgehead atoms. The standard InChI is InChI=1S/C13H20N2/c1-10-7-8-12(11(2)15-10)9-14-13-5-3-4-6-13/h7-8,13-14H,3-6,9H2,1-2H3. The SMILES string of the molecule is Cc1ccc(CNC2CCCC2)c(C)n1. The molecule has 1 aromatic rings. The van der Waals surface area contributed by atoms with E-state index in [0.717, 1.165) is 18.3 Å². The molecule has 1 fully saturated rings. The molecule has 0 spiro atoms. The molecule has 1 aliphatic carbocycles. The highest BCUT2D eigenvalue weighted by Crippen LogP contribution is 2.18. The first-order chi connectivity index (χ1) is 7.25. The third-order valence-electron chi connectivity index (χ3n) is 3.27. The van der Waals surface area contributed by atoms with Gasteiger partial charge >= 0.3 is 0 Å². The van der Waals surface area contributed by atoms with Crippen molar-refractivity contribution in [2.75, 3.05) is 0 Å². The van der Waals surface area contributed by atoms with Crippen LogP contribution >= 0.6 is 0 Å². The van der Waals surface area contributed by atoms with E-state index < -0.39 is 0 Å². The monoisotopic (exact) mass is 204 g/mol. The molecule has 82 valence electrons. The Morgan fingerprint density at radius 3 is 2.67 bits per heavy atom. The number of nitrogens with one attached hydrogen (secondary N) is 1. The minimum atomic E-state index is 0.741. The summed E-state index contributed by atoms with van der Waals surface area (Å²) in [4.78, 5) is 4.48. The summed E-state index contributed by atoms with van der Waals surface area (Å²) in [5, 5.41) is 3.62. The molecular formula is C13H20N2. The van der Waals surface area contributed by atoms with Crippen LogP contribution in [0.25, 0.3) is 0 Å². The topological polar surface area (TPSA) is 24.9 Å². The highest BCUT2D eigenvalue weighted by molar-refractivity contribution is 5.21. The molecule has 1 heterocycles. The van der Waals surface area contributed by atoms with Crippen molar-refractivity contribution in [1.29, 1.82) is 0 Å². The Balaban J connectivity index is 1.92. The van der Waals surface area contributed by atoms with Crippen molar-refractivity contribution in [1.82, 2.24) is 10.3 Å². The van der Waals surface area contributed by atoms with Gasteiger partial charge in [-0.25, -0.2) is 0 Å². The predicted molar refractivity (Wildman–Crippen MR) is 62.8 cm³/mol. The van der Waals surface area contributed by atoms with E-state index in [9.17, 15) is 0 Å². The molecule has 1 saturated carbocycles. The van der Waals surface area contributed by atoms with Gasteiger partial charge in [0.25, 0.3) is 0 Å². The van der Waals surface area contributed by atoms with Crippen molar-refractivity contribution in [2.24, 2.45) is 0 Å². The van der Waals surface area contributed by atoms with Crippen LogP contribution in [-0.4, -0.2) is 11.0 Å². The second kappa shape index (κ2) is 4.75. The van der Waals surface area contributed by atoms with Gasteiger partial charge in [-0.2, -0.15) is 0 Å². The average Bonchev–Trinajstić information content (AvgIpc) is 2.69. The summed E-state index contributed by atoms with van der Waals surface area (Å²) in [6.07, 6.45) is 5.47. The zero-order valence-corrected chi connectivity index (χ0v) is 9.71. The van der Waals surface area contributed by atoms with Crippen LogP contribution in [-0.2, 0) is 6.54 Å². The van der Waals surface area contributed by atoms with E-state index in [0.29, 0.717) is 0 Å². The number of hydrogen-bond acceptors (Lipinski definition) is 2. The molecule has 0 aromatic carbocycles. The molecule has 15 heavy (non-hydrogen) atoms. The van der Waals surface area contributed by atoms with Gasteiger partial charge < -0.3 is 5.32 Å². The number of aryl methyl sites for hydroxylation is 2. The minimum absolute atomic E-state index is 0.741. The Morgan fingerprint density at radius 1 is 1.27 bits per heavy atom. The minimum Gasteiger partial charge on any atom is -0.310 e. The number of hydrogen-bond donors (Lipinski definition) is 1. The Bertz CT molecular complexity index is 327. The average molecular weight is 204 g/mol. The summed E-state index contributed by atoms with van der Waals surface area (Å²) in [5.41, 5.74) is 3.62. The van der Waals surface area contributed by atoms with Crippen molar-refractivity contribution in [3.63, 3.8) is 0 Å². The first-order valence-corrected chi connectivity index (χ1v) is 5.92. The fourth-order valence-electron chi connectivity index (χ4n) is 2.29. The van der Waals surface area contributed by atoms with Gasteiger partial charge in [-0.15, -0.1) is 0 Å². The van der Waals surface area contributed by atoms with Crippen molar-refractivity contribution in [2.45, 2.75) is 52.1 Å². The van der Waals surface area contributed by atoms with Gasteiger partial charge in [0.05, 0.1) is 0 Å². The lowest BCUT2D eigenvalue weighted by molar-refractivity contribution is 0.522. The van der Waals surface area contributed by atoms with E-state index >= 15 is 0 Å². The van der Waals surface area contributed by atoms with Crippen LogP contribution in [0.1, 0.15) is 42.6 Å². The molecule has 1 aliphatic rings. The first-order valence-electron chi connectivity index (χ1n) is 5.92. The van der Waals surface area contributed by atoms with Gasteiger partial charge in [0.1, 0.15) is 0 Å². The maximum atomic E-state index is 4.48. The van der Waals surface area contributed by atoms with E-state index in [2.05, 4.69) is 29.4 Å². The van der Waals surface area contributed by atoms with E-state index in [1.165, 1.54) is 36.9 Å². The molecule has 0 atom stereocenters. The summed E-state index contributed by atoms with van der Waals surface area (Å²) in [5.74, 6) is 0. The van der Waals surface area contributed by atoms with Crippen molar-refractivity contribution in [3.8, 4) is 0 Å². The molecule has 1 N–H and O–H groups in total. The number of nitrogens with zero attached hydrogens (tertiary/aromatic N) is 1. The molecule has 0 radical (unpaired) electrons. The lowest BCUT2D eigenvalue weighted by atomic mass is 10.1. The second-order valence-corrected chi connectivity index (χ2v) is 4.56. The van der Waals surface area contributed by atoms with Gasteiger partial charge in [-0.1, -0.05) is 18.9 Å². The largest absolute Gasteiger partial charge is 0.310 e. The van der Waals surface area contributed by atoms with E-state index in [-0.39, 0.29) is 0 Å². The molecule has 2 rings (SSSR count). The Kier molecular flexibility index (Phi) is 3.37. The van der Waals surface area contributed by atoms with Gasteiger partial charge in [0.2, 0.25) is 0 Å². The van der Waals surface area contributed by atoms with Crippen LogP contribution in [0.3, 0.4) is 0 Å². The first kappa shape index (κ1) is 10.6. The van der Waals surface area contributed by atoms with Crippen LogP contribution < -0.4 is 5.32 Å². The number of pyridine rings is 1. The van der Waals surface area contributed by atoms with Crippen molar-refractivity contribution in [3.05, 3.63) is 29.1 Å². The molecule has 2 nitrogen and oxygen atoms in total. The zero-order chi connectivity index (χ0) is 10.7. The van der Waals surface area contributed by atoms with Gasteiger partial charge in [0.15, 0.2) is 0 Å². The van der Waals surface area contributed by atoms with Crippen LogP contribution in [0.2, 0.25) is 0 Å². The predicted octanol–water partition coefficient (Wildman–Crippen LogP) is 2.73. The van der Waals surface area contributed by atoms with Crippen molar-refractivity contribution >= 4 is 0 Å². The highest BCUT2D eigenvalue weighted by Gasteiger charge is 2.14. The summed E-state index contributed by atoms with van der Waals surface area (Å²) in [6, 6.07) is 5.03. The molecule has 2 heteroatoms. The maximum Gasteiger partial charge on any atom is 0.0420 e. The van der Waals surface area contributed by atoms with Gasteiger partial charge in [-0.3, -0.25) is 4.98 Å². The molecule has 0 aliphatic heterocycles. The Labute approximate surface area is 92.1 Å². The summed E-state index contributed by atoms with van der Waals surface area (Å²) in [7, 11) is 0. The quantitative estimate of drug-likeness (QED) is 0.819. The number of aromatic nitrogens is 1. The zero-order valence-electron chi connectivity index (χ0n) is 9.71. The smallest absolute Gasteiger partial charge is 0.0420 e. The van der Waals surface area contributed by atoms with Crippen LogP contribution in [0.15, 0.2) is 12.1 Å². The summed E-state index contributed by atoms with van der Waals surface area (Å²) in [6.45, 7) is 5.11. The lowest BCUT2D eigenvalue weighted by Gasteiger charge is -2.13. The number of rotatable bonds is 3. The van der Waals surface area contributed by atoms with Gasteiger partial charge in [0, 0.05) is 24.0 Å². The fraction of sp³-hybridized carbons (Fsp3) is 0.615. The molecule has 0 unspecified atom stereocenters. The lowest BCUT2D eigenvalue weighted by Crippen LogP contribution is -2.25. The third-order valence-corrected chi connectivity index (χ3v) is 3.27. The summed E-state index contributed by atoms with van der Waals surface area (Å²) < 4.78 is 0. The Morgan fingerprint density at radius 2 is 2.00 bits per heavy atom. The van der Waals surface area contributed by atoms with E-state index in [4.69, 9.17) is 0 Å². The molecule has 0 amide bonds. The normalized spacial score (nSPS) is 17.2. The molecular weight excluding hydrogens is 184 g/mol. The van der Waals surface area contributed by atoms with Crippen molar-refractivity contribution < 1.29 is 0 Å². The molecule has 0 saturated heterocycles. The van der Waals surface area contributed by atoms with Crippen LogP contribution in [0.4, 0.5) is 0 Å². The van der Waals surface area contributed by atoms with E-state index in [1.54, 1.807) is 0 Å². The maximum absolute atomic E-state index is 4.48. The van der Waals surface area contributed by atoms with Crippen LogP contribution in [0, 0.1) is 13.8 Å².